The summed E-state index contributed by atoms with van der Waals surface area (Å²) in [7, 11) is 0. The first-order valence-corrected chi connectivity index (χ1v) is 17.4. The van der Waals surface area contributed by atoms with E-state index in [2.05, 4.69) is 21.6 Å². The van der Waals surface area contributed by atoms with Gasteiger partial charge in [-0.15, -0.1) is 0 Å². The summed E-state index contributed by atoms with van der Waals surface area (Å²) in [6.45, 7) is 9.79. The van der Waals surface area contributed by atoms with Gasteiger partial charge in [-0.2, -0.15) is 13.2 Å². The summed E-state index contributed by atoms with van der Waals surface area (Å²) in [5, 5.41) is 7.12. The van der Waals surface area contributed by atoms with Crippen molar-refractivity contribution in [1.82, 2.24) is 19.6 Å². The van der Waals surface area contributed by atoms with E-state index in [4.69, 9.17) is 14.6 Å². The number of carboxylic acids is 1. The number of halogens is 3. The van der Waals surface area contributed by atoms with Crippen molar-refractivity contribution in [3.05, 3.63) is 0 Å². The van der Waals surface area contributed by atoms with E-state index in [0.29, 0.717) is 31.0 Å². The number of hydrogen-bond acceptors (Lipinski definition) is 6. The third kappa shape index (κ3) is 9.07. The highest BCUT2D eigenvalue weighted by atomic mass is 19.4. The highest BCUT2D eigenvalue weighted by Gasteiger charge is 2.55. The van der Waals surface area contributed by atoms with Crippen LogP contribution in [0.4, 0.5) is 18.0 Å². The van der Waals surface area contributed by atoms with Crippen molar-refractivity contribution in [2.24, 2.45) is 11.8 Å². The molecule has 0 aromatic heterocycles. The van der Waals surface area contributed by atoms with Crippen LogP contribution in [0.5, 0.6) is 0 Å². The smallest absolute Gasteiger partial charge is 0.475 e. The van der Waals surface area contributed by atoms with Crippen LogP contribution in [-0.4, -0.2) is 118 Å². The number of rotatable bonds is 7. The zero-order valence-corrected chi connectivity index (χ0v) is 27.6. The van der Waals surface area contributed by atoms with Crippen LogP contribution in [0.2, 0.25) is 0 Å². The van der Waals surface area contributed by atoms with Crippen molar-refractivity contribution in [2.45, 2.75) is 128 Å². The van der Waals surface area contributed by atoms with Crippen molar-refractivity contribution in [2.75, 3.05) is 45.8 Å². The number of amides is 3. The quantitative estimate of drug-likeness (QED) is 0.396. The molecule has 0 aromatic rings. The number of alkyl halides is 3. The molecule has 1 atom stereocenters. The predicted octanol–water partition coefficient (Wildman–Crippen LogP) is 5.30. The molecule has 0 aromatic carbocycles. The zero-order chi connectivity index (χ0) is 33.5. The summed E-state index contributed by atoms with van der Waals surface area (Å²) < 4.78 is 38.0. The Morgan fingerprint density at radius 3 is 1.98 bits per heavy atom. The summed E-state index contributed by atoms with van der Waals surface area (Å²) >= 11 is 0. The minimum absolute atomic E-state index is 0.0592. The van der Waals surface area contributed by atoms with Crippen molar-refractivity contribution in [3.8, 4) is 0 Å². The van der Waals surface area contributed by atoms with Gasteiger partial charge in [-0.05, 0) is 50.9 Å². The number of carbonyl (C=O) groups is 4. The molecule has 0 bridgehead atoms. The number of piperidine rings is 3. The first-order chi connectivity index (χ1) is 21.8. The molecule has 10 nitrogen and oxygen atoms in total. The van der Waals surface area contributed by atoms with Crippen LogP contribution in [-0.2, 0) is 19.1 Å². The van der Waals surface area contributed by atoms with E-state index in [1.165, 1.54) is 32.1 Å². The first kappa shape index (κ1) is 36.3. The lowest BCUT2D eigenvalue weighted by Gasteiger charge is -2.46. The van der Waals surface area contributed by atoms with Crippen LogP contribution in [0.15, 0.2) is 0 Å². The third-order valence-corrected chi connectivity index (χ3v) is 11.0. The zero-order valence-electron chi connectivity index (χ0n) is 27.6. The Balaban J connectivity index is 0.000000617. The van der Waals surface area contributed by atoms with E-state index in [1.807, 2.05) is 4.90 Å². The van der Waals surface area contributed by atoms with Gasteiger partial charge in [0.2, 0.25) is 11.8 Å². The fourth-order valence-corrected chi connectivity index (χ4v) is 8.23. The van der Waals surface area contributed by atoms with E-state index < -0.39 is 12.1 Å². The van der Waals surface area contributed by atoms with Gasteiger partial charge in [0.1, 0.15) is 5.60 Å². The number of hydrogen-bond donors (Lipinski definition) is 1. The van der Waals surface area contributed by atoms with E-state index >= 15 is 0 Å². The van der Waals surface area contributed by atoms with Crippen LogP contribution in [0.25, 0.3) is 0 Å². The summed E-state index contributed by atoms with van der Waals surface area (Å²) in [6.07, 6.45) is 10.2. The Bertz CT molecular complexity index is 1040. The molecular weight excluding hydrogens is 605 g/mol. The molecule has 1 aliphatic carbocycles. The molecule has 1 spiro atoms. The number of carboxylic acid groups (broad SMARTS) is 1. The lowest BCUT2D eigenvalue weighted by Crippen LogP contribution is -2.56. The minimum Gasteiger partial charge on any atom is -0.475 e. The fourth-order valence-electron chi connectivity index (χ4n) is 8.23. The third-order valence-electron chi connectivity index (χ3n) is 11.0. The largest absolute Gasteiger partial charge is 0.490 e. The highest BCUT2D eigenvalue weighted by molar-refractivity contribution is 5.80. The second kappa shape index (κ2) is 16.0. The van der Waals surface area contributed by atoms with Crippen LogP contribution >= 0.6 is 0 Å². The highest BCUT2D eigenvalue weighted by Crippen LogP contribution is 2.43. The molecule has 5 rings (SSSR count). The number of unbranched alkanes of at least 4 members (excludes halogenated alkanes) is 1. The average molecular weight is 659 g/mol. The molecule has 262 valence electrons. The molecule has 4 saturated heterocycles. The number of likely N-dealkylation sites (tertiary alicyclic amines) is 3. The van der Waals surface area contributed by atoms with Gasteiger partial charge in [-0.1, -0.05) is 39.0 Å². The topological polar surface area (TPSA) is 111 Å². The molecule has 5 fully saturated rings. The second-order valence-corrected chi connectivity index (χ2v) is 13.9. The number of ether oxygens (including phenoxy) is 1. The van der Waals surface area contributed by atoms with Crippen molar-refractivity contribution < 1.29 is 42.2 Å². The molecule has 4 aliphatic heterocycles. The molecule has 3 amide bonds. The molecule has 4 heterocycles. The van der Waals surface area contributed by atoms with Gasteiger partial charge >= 0.3 is 18.2 Å². The van der Waals surface area contributed by atoms with Crippen molar-refractivity contribution >= 4 is 23.9 Å². The Morgan fingerprint density at radius 1 is 0.891 bits per heavy atom. The summed E-state index contributed by atoms with van der Waals surface area (Å²) in [6, 6.07) is 0.735. The normalized spacial score (nSPS) is 25.3. The van der Waals surface area contributed by atoms with Crippen molar-refractivity contribution in [3.63, 3.8) is 0 Å². The van der Waals surface area contributed by atoms with Crippen LogP contribution in [0.3, 0.4) is 0 Å². The van der Waals surface area contributed by atoms with Gasteiger partial charge in [0.05, 0.1) is 6.04 Å². The standard InChI is InChI=1S/C31H52N4O4.C2HF3O2/c1-3-4-10-28-31(39-30(38)35(28)23-25-8-6-5-7-9-25)15-21-33(22-16-31)27-13-19-34(20-14-27)29(37)26-11-17-32(18-12-26)24(2)36;3-2(4,5)1(6)7/h25-28H,3-23H2,1-2H3;(H,6,7). The SMILES string of the molecule is CCCCC1N(CC2CCCCC2)C(=O)OC12CCN(C1CCN(C(=O)C3CCN(C(C)=O)CC3)CC1)CC2.O=C(O)C(F)(F)F. The Labute approximate surface area is 270 Å². The molecule has 46 heavy (non-hydrogen) atoms. The maximum absolute atomic E-state index is 13.2. The maximum atomic E-state index is 13.2. The first-order valence-electron chi connectivity index (χ1n) is 17.4. The summed E-state index contributed by atoms with van der Waals surface area (Å²) in [5.74, 6) is -1.64. The fraction of sp³-hybridized carbons (Fsp3) is 0.879. The van der Waals surface area contributed by atoms with Gasteiger partial charge < -0.3 is 24.5 Å². The monoisotopic (exact) mass is 658 g/mol. The van der Waals surface area contributed by atoms with Gasteiger partial charge in [0.15, 0.2) is 0 Å². The second-order valence-electron chi connectivity index (χ2n) is 13.9. The Hall–Kier alpha value is -2.57. The summed E-state index contributed by atoms with van der Waals surface area (Å²) in [4.78, 5) is 55.6. The lowest BCUT2D eigenvalue weighted by molar-refractivity contribution is -0.192. The van der Waals surface area contributed by atoms with Gasteiger partial charge in [-0.25, -0.2) is 9.59 Å². The van der Waals surface area contributed by atoms with E-state index in [1.54, 1.807) is 6.92 Å². The number of carbonyl (C=O) groups excluding carboxylic acids is 3. The van der Waals surface area contributed by atoms with Crippen LogP contribution in [0.1, 0.15) is 104 Å². The summed E-state index contributed by atoms with van der Waals surface area (Å²) in [5.41, 5.74) is -0.317. The Morgan fingerprint density at radius 2 is 1.46 bits per heavy atom. The van der Waals surface area contributed by atoms with E-state index in [0.717, 1.165) is 90.5 Å². The lowest BCUT2D eigenvalue weighted by atomic mass is 9.80. The number of aliphatic carboxylic acids is 1. The molecule has 13 heteroatoms. The molecule has 5 aliphatic rings. The molecule has 1 saturated carbocycles. The van der Waals surface area contributed by atoms with Gasteiger partial charge in [0, 0.05) is 77.5 Å². The van der Waals surface area contributed by atoms with Crippen LogP contribution < -0.4 is 0 Å². The van der Waals surface area contributed by atoms with E-state index in [9.17, 15) is 27.6 Å². The van der Waals surface area contributed by atoms with Gasteiger partial charge in [0.25, 0.3) is 0 Å². The van der Waals surface area contributed by atoms with Gasteiger partial charge in [-0.3, -0.25) is 14.5 Å². The average Bonchev–Trinajstić information content (AvgIpc) is 3.29. The molecule has 0 radical (unpaired) electrons. The molecule has 1 unspecified atom stereocenters. The molecular formula is C33H53F3N4O6. The maximum Gasteiger partial charge on any atom is 0.490 e. The van der Waals surface area contributed by atoms with Crippen LogP contribution in [0, 0.1) is 11.8 Å². The number of nitrogens with zero attached hydrogens (tertiary/aromatic N) is 4. The minimum atomic E-state index is -5.08. The molecule has 1 N–H and O–H groups in total. The van der Waals surface area contributed by atoms with E-state index in [-0.39, 0.29) is 29.6 Å². The Kier molecular flexibility index (Phi) is 12.6. The predicted molar refractivity (Wildman–Crippen MR) is 165 cm³/mol. The van der Waals surface area contributed by atoms with Crippen molar-refractivity contribution in [1.29, 1.82) is 0 Å².